The summed E-state index contributed by atoms with van der Waals surface area (Å²) in [5.74, 6) is 0. The molecular formula is C15H27NO3. The SMILES string of the molecule is CC(C)(C)OC(=O)N(C1CCC1)C(C=O)C(C)(C)C. The van der Waals surface area contributed by atoms with Gasteiger partial charge >= 0.3 is 6.09 Å². The van der Waals surface area contributed by atoms with Crippen LogP contribution in [0.3, 0.4) is 0 Å². The molecule has 0 aliphatic heterocycles. The Morgan fingerprint density at radius 2 is 1.74 bits per heavy atom. The third-order valence-corrected chi connectivity index (χ3v) is 3.39. The minimum atomic E-state index is -0.537. The van der Waals surface area contributed by atoms with Crippen molar-refractivity contribution in [2.75, 3.05) is 0 Å². The van der Waals surface area contributed by atoms with Crippen LogP contribution in [-0.2, 0) is 9.53 Å². The highest BCUT2D eigenvalue weighted by Gasteiger charge is 2.41. The average Bonchev–Trinajstić information content (AvgIpc) is 2.09. The molecule has 0 bridgehead atoms. The van der Waals surface area contributed by atoms with Gasteiger partial charge < -0.3 is 9.53 Å². The van der Waals surface area contributed by atoms with Crippen LogP contribution in [0, 0.1) is 5.41 Å². The number of hydrogen-bond acceptors (Lipinski definition) is 3. The molecule has 4 heteroatoms. The zero-order chi connectivity index (χ0) is 14.8. The summed E-state index contributed by atoms with van der Waals surface area (Å²) in [5.41, 5.74) is -0.821. The smallest absolute Gasteiger partial charge is 0.411 e. The van der Waals surface area contributed by atoms with Crippen LogP contribution in [0.4, 0.5) is 4.79 Å². The maximum absolute atomic E-state index is 12.4. The van der Waals surface area contributed by atoms with Gasteiger partial charge in [-0.3, -0.25) is 4.90 Å². The molecule has 0 aromatic carbocycles. The van der Waals surface area contributed by atoms with Gasteiger partial charge in [-0.15, -0.1) is 0 Å². The Kier molecular flexibility index (Phi) is 4.64. The second kappa shape index (κ2) is 5.51. The highest BCUT2D eigenvalue weighted by molar-refractivity contribution is 5.75. The number of hydrogen-bond donors (Lipinski definition) is 0. The fourth-order valence-corrected chi connectivity index (χ4v) is 2.16. The van der Waals surface area contributed by atoms with Gasteiger partial charge in [-0.1, -0.05) is 20.8 Å². The van der Waals surface area contributed by atoms with Gasteiger partial charge in [0.2, 0.25) is 0 Å². The van der Waals surface area contributed by atoms with E-state index in [1.807, 2.05) is 41.5 Å². The molecule has 0 saturated heterocycles. The van der Waals surface area contributed by atoms with Gasteiger partial charge in [0.25, 0.3) is 0 Å². The van der Waals surface area contributed by atoms with E-state index in [0.717, 1.165) is 25.5 Å². The Labute approximate surface area is 116 Å². The molecule has 0 aromatic rings. The van der Waals surface area contributed by atoms with Gasteiger partial charge in [0.05, 0.1) is 6.04 Å². The fourth-order valence-electron chi connectivity index (χ4n) is 2.16. The fraction of sp³-hybridized carbons (Fsp3) is 0.867. The summed E-state index contributed by atoms with van der Waals surface area (Å²) in [5, 5.41) is 0. The van der Waals surface area contributed by atoms with E-state index in [1.54, 1.807) is 4.90 Å². The Hall–Kier alpha value is -1.06. The van der Waals surface area contributed by atoms with Crippen molar-refractivity contribution in [3.05, 3.63) is 0 Å². The lowest BCUT2D eigenvalue weighted by Crippen LogP contribution is -2.56. The second-order valence-corrected chi connectivity index (χ2v) is 7.42. The first-order valence-corrected chi connectivity index (χ1v) is 7.03. The van der Waals surface area contributed by atoms with E-state index >= 15 is 0 Å². The first-order chi connectivity index (χ1) is 8.56. The van der Waals surface area contributed by atoms with E-state index in [0.29, 0.717) is 0 Å². The van der Waals surface area contributed by atoms with Crippen LogP contribution in [0.2, 0.25) is 0 Å². The third kappa shape index (κ3) is 4.22. The van der Waals surface area contributed by atoms with Gasteiger partial charge in [0.1, 0.15) is 11.9 Å². The minimum Gasteiger partial charge on any atom is -0.444 e. The van der Waals surface area contributed by atoms with Crippen molar-refractivity contribution >= 4 is 12.4 Å². The molecule has 1 atom stereocenters. The lowest BCUT2D eigenvalue weighted by Gasteiger charge is -2.45. The molecule has 1 fully saturated rings. The summed E-state index contributed by atoms with van der Waals surface area (Å²) in [6.45, 7) is 11.5. The standard InChI is InChI=1S/C15H27NO3/c1-14(2,3)12(10-17)16(11-8-7-9-11)13(18)19-15(4,5)6/h10-12H,7-9H2,1-6H3. The molecule has 1 unspecified atom stereocenters. The topological polar surface area (TPSA) is 46.6 Å². The summed E-state index contributed by atoms with van der Waals surface area (Å²) in [6, 6.07) is -0.295. The monoisotopic (exact) mass is 269 g/mol. The van der Waals surface area contributed by atoms with E-state index in [2.05, 4.69) is 0 Å². The molecule has 110 valence electrons. The predicted octanol–water partition coefficient (Wildman–Crippen LogP) is 3.39. The molecule has 0 heterocycles. The van der Waals surface area contributed by atoms with Gasteiger partial charge in [-0.2, -0.15) is 0 Å². The van der Waals surface area contributed by atoms with E-state index in [4.69, 9.17) is 4.74 Å². The maximum atomic E-state index is 12.4. The summed E-state index contributed by atoms with van der Waals surface area (Å²) < 4.78 is 5.46. The van der Waals surface area contributed by atoms with Crippen LogP contribution >= 0.6 is 0 Å². The number of carbonyl (C=O) groups is 2. The minimum absolute atomic E-state index is 0.143. The Morgan fingerprint density at radius 3 is 2.00 bits per heavy atom. The number of ether oxygens (including phenoxy) is 1. The molecule has 1 amide bonds. The molecule has 1 aliphatic carbocycles. The molecule has 4 nitrogen and oxygen atoms in total. The van der Waals surface area contributed by atoms with Crippen molar-refractivity contribution in [3.8, 4) is 0 Å². The van der Waals surface area contributed by atoms with E-state index in [9.17, 15) is 9.59 Å². The van der Waals surface area contributed by atoms with Crippen LogP contribution in [0.1, 0.15) is 60.8 Å². The molecule has 1 aliphatic rings. The summed E-state index contributed by atoms with van der Waals surface area (Å²) in [6.07, 6.45) is 3.53. The first-order valence-electron chi connectivity index (χ1n) is 7.03. The Morgan fingerprint density at radius 1 is 1.21 bits per heavy atom. The predicted molar refractivity (Wildman–Crippen MR) is 75.0 cm³/mol. The molecule has 0 N–H and O–H groups in total. The van der Waals surface area contributed by atoms with E-state index < -0.39 is 11.6 Å². The van der Waals surface area contributed by atoms with E-state index in [1.165, 1.54) is 0 Å². The van der Waals surface area contributed by atoms with Crippen LogP contribution in [0.15, 0.2) is 0 Å². The van der Waals surface area contributed by atoms with Crippen molar-refractivity contribution in [1.29, 1.82) is 0 Å². The van der Waals surface area contributed by atoms with E-state index in [-0.39, 0.29) is 17.6 Å². The van der Waals surface area contributed by atoms with Crippen molar-refractivity contribution in [1.82, 2.24) is 4.90 Å². The van der Waals surface area contributed by atoms with Gasteiger partial charge in [-0.05, 0) is 45.4 Å². The Bertz CT molecular complexity index is 334. The van der Waals surface area contributed by atoms with Gasteiger partial charge in [-0.25, -0.2) is 4.79 Å². The van der Waals surface area contributed by atoms with Gasteiger partial charge in [0, 0.05) is 6.04 Å². The average molecular weight is 269 g/mol. The van der Waals surface area contributed by atoms with Crippen LogP contribution in [0.25, 0.3) is 0 Å². The van der Waals surface area contributed by atoms with Crippen molar-refractivity contribution in [3.63, 3.8) is 0 Å². The summed E-state index contributed by atoms with van der Waals surface area (Å²) >= 11 is 0. The lowest BCUT2D eigenvalue weighted by atomic mass is 9.82. The number of aldehydes is 1. The number of carbonyl (C=O) groups excluding carboxylic acids is 2. The number of rotatable bonds is 3. The summed E-state index contributed by atoms with van der Waals surface area (Å²) in [7, 11) is 0. The molecule has 0 spiro atoms. The second-order valence-electron chi connectivity index (χ2n) is 7.42. The van der Waals surface area contributed by atoms with Crippen LogP contribution in [0.5, 0.6) is 0 Å². The molecule has 1 rings (SSSR count). The molecular weight excluding hydrogens is 242 g/mol. The molecule has 0 radical (unpaired) electrons. The summed E-state index contributed by atoms with van der Waals surface area (Å²) in [4.78, 5) is 25.5. The number of nitrogens with zero attached hydrogens (tertiary/aromatic N) is 1. The molecule has 19 heavy (non-hydrogen) atoms. The van der Waals surface area contributed by atoms with Crippen LogP contribution < -0.4 is 0 Å². The first kappa shape index (κ1) is 16.0. The zero-order valence-corrected chi connectivity index (χ0v) is 13.0. The van der Waals surface area contributed by atoms with Crippen molar-refractivity contribution < 1.29 is 14.3 Å². The highest BCUT2D eigenvalue weighted by Crippen LogP contribution is 2.33. The van der Waals surface area contributed by atoms with Crippen molar-refractivity contribution in [2.45, 2.75) is 78.5 Å². The Balaban J connectivity index is 2.94. The van der Waals surface area contributed by atoms with Gasteiger partial charge in [0.15, 0.2) is 0 Å². The third-order valence-electron chi connectivity index (χ3n) is 3.39. The maximum Gasteiger partial charge on any atom is 0.411 e. The zero-order valence-electron chi connectivity index (χ0n) is 13.0. The normalized spacial score (nSPS) is 18.4. The lowest BCUT2D eigenvalue weighted by molar-refractivity contribution is -0.118. The van der Waals surface area contributed by atoms with Crippen LogP contribution in [-0.4, -0.2) is 35.0 Å². The van der Waals surface area contributed by atoms with Crippen molar-refractivity contribution in [2.24, 2.45) is 5.41 Å². The number of amides is 1. The molecule has 0 aromatic heterocycles. The molecule has 1 saturated carbocycles. The largest absolute Gasteiger partial charge is 0.444 e. The highest BCUT2D eigenvalue weighted by atomic mass is 16.6. The quantitative estimate of drug-likeness (QED) is 0.738.